The quantitative estimate of drug-likeness (QED) is 0.930. The van der Waals surface area contributed by atoms with E-state index in [2.05, 4.69) is 23.3 Å². The van der Waals surface area contributed by atoms with Gasteiger partial charge in [-0.05, 0) is 32.2 Å². The second-order valence-electron chi connectivity index (χ2n) is 4.37. The fourth-order valence-electron chi connectivity index (χ4n) is 2.10. The van der Waals surface area contributed by atoms with Crippen LogP contribution < -0.4 is 10.1 Å². The highest BCUT2D eigenvalue weighted by Crippen LogP contribution is 2.30. The minimum Gasteiger partial charge on any atom is -0.496 e. The van der Waals surface area contributed by atoms with E-state index in [4.69, 9.17) is 16.3 Å². The second kappa shape index (κ2) is 6.04. The summed E-state index contributed by atoms with van der Waals surface area (Å²) in [7, 11) is 3.58. The molecule has 0 radical (unpaired) electrons. The van der Waals surface area contributed by atoms with Crippen LogP contribution in [0, 0.1) is 6.92 Å². The van der Waals surface area contributed by atoms with Crippen LogP contribution in [-0.4, -0.2) is 19.1 Å². The van der Waals surface area contributed by atoms with Crippen molar-refractivity contribution in [1.82, 2.24) is 10.3 Å². The summed E-state index contributed by atoms with van der Waals surface area (Å²) in [6, 6.07) is 9.86. The fourth-order valence-corrected chi connectivity index (χ4v) is 2.21. The molecule has 0 aliphatic heterocycles. The van der Waals surface area contributed by atoms with Gasteiger partial charge in [-0.2, -0.15) is 0 Å². The van der Waals surface area contributed by atoms with E-state index in [0.717, 1.165) is 17.0 Å². The third-order valence-electron chi connectivity index (χ3n) is 3.03. The van der Waals surface area contributed by atoms with Crippen molar-refractivity contribution < 1.29 is 4.74 Å². The van der Waals surface area contributed by atoms with Crippen molar-refractivity contribution in [2.45, 2.75) is 13.0 Å². The summed E-state index contributed by atoms with van der Waals surface area (Å²) < 4.78 is 5.43. The van der Waals surface area contributed by atoms with E-state index in [-0.39, 0.29) is 6.04 Å². The summed E-state index contributed by atoms with van der Waals surface area (Å²) in [5, 5.41) is 3.90. The number of hydrogen-bond acceptors (Lipinski definition) is 3. The summed E-state index contributed by atoms with van der Waals surface area (Å²) in [6.45, 7) is 2.06. The number of rotatable bonds is 4. The van der Waals surface area contributed by atoms with Crippen LogP contribution in [0.4, 0.5) is 0 Å². The molecule has 100 valence electrons. The van der Waals surface area contributed by atoms with Gasteiger partial charge in [0.25, 0.3) is 0 Å². The lowest BCUT2D eigenvalue weighted by Gasteiger charge is -2.19. The Morgan fingerprint density at radius 3 is 2.63 bits per heavy atom. The molecule has 1 heterocycles. The van der Waals surface area contributed by atoms with Crippen molar-refractivity contribution in [3.8, 4) is 5.75 Å². The summed E-state index contributed by atoms with van der Waals surface area (Å²) >= 11 is 5.88. The molecule has 1 unspecified atom stereocenters. The van der Waals surface area contributed by atoms with Crippen molar-refractivity contribution in [3.05, 3.63) is 58.4 Å². The van der Waals surface area contributed by atoms with Crippen LogP contribution in [0.15, 0.2) is 36.5 Å². The molecule has 0 fully saturated rings. The number of aryl methyl sites for hydroxylation is 1. The molecule has 0 aliphatic carbocycles. The zero-order chi connectivity index (χ0) is 13.8. The molecule has 19 heavy (non-hydrogen) atoms. The molecule has 0 spiro atoms. The molecule has 0 amide bonds. The maximum absolute atomic E-state index is 5.88. The molecule has 0 bridgehead atoms. The van der Waals surface area contributed by atoms with E-state index in [0.29, 0.717) is 5.02 Å². The average molecular weight is 277 g/mol. The van der Waals surface area contributed by atoms with Gasteiger partial charge in [-0.1, -0.05) is 29.3 Å². The van der Waals surface area contributed by atoms with Crippen molar-refractivity contribution in [1.29, 1.82) is 0 Å². The minimum atomic E-state index is -0.0212. The number of nitrogens with zero attached hydrogens (tertiary/aromatic N) is 1. The first-order valence-corrected chi connectivity index (χ1v) is 6.46. The molecule has 0 saturated carbocycles. The van der Waals surface area contributed by atoms with E-state index in [1.165, 1.54) is 5.56 Å². The number of ether oxygens (including phenoxy) is 1. The molecule has 1 N–H and O–H groups in total. The summed E-state index contributed by atoms with van der Waals surface area (Å²) in [6.07, 6.45) is 1.66. The van der Waals surface area contributed by atoms with Crippen molar-refractivity contribution in [3.63, 3.8) is 0 Å². The molecular weight excluding hydrogens is 260 g/mol. The van der Waals surface area contributed by atoms with Crippen LogP contribution in [-0.2, 0) is 0 Å². The number of hydrogen-bond donors (Lipinski definition) is 1. The number of methoxy groups -OCH3 is 1. The van der Waals surface area contributed by atoms with Crippen molar-refractivity contribution in [2.75, 3.05) is 14.2 Å². The summed E-state index contributed by atoms with van der Waals surface area (Å²) in [4.78, 5) is 4.38. The predicted octanol–water partition coefficient (Wildman–Crippen LogP) is 3.36. The van der Waals surface area contributed by atoms with Crippen LogP contribution in [0.2, 0.25) is 5.02 Å². The molecule has 2 rings (SSSR count). The number of benzene rings is 1. The zero-order valence-corrected chi connectivity index (χ0v) is 12.0. The molecule has 1 aromatic heterocycles. The molecule has 2 aromatic rings. The van der Waals surface area contributed by atoms with Crippen LogP contribution in [0.5, 0.6) is 5.75 Å². The van der Waals surface area contributed by atoms with E-state index >= 15 is 0 Å². The molecule has 1 aromatic carbocycles. The standard InChI is InChI=1S/C15H17ClN2O/c1-10-4-7-14(19-3)12(8-10)15(17-2)13-6-5-11(16)9-18-13/h4-9,15,17H,1-3H3. The van der Waals surface area contributed by atoms with Gasteiger partial charge in [0.1, 0.15) is 5.75 Å². The topological polar surface area (TPSA) is 34.2 Å². The number of halogens is 1. The van der Waals surface area contributed by atoms with Gasteiger partial charge in [0.05, 0.1) is 23.9 Å². The Hall–Kier alpha value is -1.58. The van der Waals surface area contributed by atoms with Gasteiger partial charge in [-0.15, -0.1) is 0 Å². The highest BCUT2D eigenvalue weighted by molar-refractivity contribution is 6.30. The maximum Gasteiger partial charge on any atom is 0.124 e. The van der Waals surface area contributed by atoms with Crippen molar-refractivity contribution >= 4 is 11.6 Å². The van der Waals surface area contributed by atoms with Crippen LogP contribution in [0.25, 0.3) is 0 Å². The van der Waals surface area contributed by atoms with Crippen molar-refractivity contribution in [2.24, 2.45) is 0 Å². The number of nitrogens with one attached hydrogen (secondary N) is 1. The third-order valence-corrected chi connectivity index (χ3v) is 3.25. The Labute approximate surface area is 118 Å². The molecule has 3 nitrogen and oxygen atoms in total. The molecule has 0 aliphatic rings. The summed E-state index contributed by atoms with van der Waals surface area (Å²) in [5.74, 6) is 0.849. The Balaban J connectivity index is 2.47. The lowest BCUT2D eigenvalue weighted by atomic mass is 10.00. The SMILES string of the molecule is CNC(c1ccc(Cl)cn1)c1cc(C)ccc1OC. The van der Waals surface area contributed by atoms with Gasteiger partial charge in [0.2, 0.25) is 0 Å². The smallest absolute Gasteiger partial charge is 0.124 e. The first-order valence-electron chi connectivity index (χ1n) is 6.09. The Morgan fingerprint density at radius 1 is 1.26 bits per heavy atom. The van der Waals surface area contributed by atoms with Gasteiger partial charge in [-0.3, -0.25) is 4.98 Å². The second-order valence-corrected chi connectivity index (χ2v) is 4.80. The van der Waals surface area contributed by atoms with Crippen LogP contribution in [0.1, 0.15) is 22.9 Å². The molecule has 0 saturated heterocycles. The van der Waals surface area contributed by atoms with Gasteiger partial charge in [-0.25, -0.2) is 0 Å². The fraction of sp³-hybridized carbons (Fsp3) is 0.267. The van der Waals surface area contributed by atoms with Gasteiger partial charge >= 0.3 is 0 Å². The Morgan fingerprint density at radius 2 is 2.05 bits per heavy atom. The van der Waals surface area contributed by atoms with E-state index in [1.807, 2.05) is 31.3 Å². The number of aromatic nitrogens is 1. The van der Waals surface area contributed by atoms with Crippen LogP contribution in [0.3, 0.4) is 0 Å². The van der Waals surface area contributed by atoms with E-state index in [9.17, 15) is 0 Å². The van der Waals surface area contributed by atoms with Gasteiger partial charge in [0.15, 0.2) is 0 Å². The number of pyridine rings is 1. The zero-order valence-electron chi connectivity index (χ0n) is 11.3. The maximum atomic E-state index is 5.88. The highest BCUT2D eigenvalue weighted by Gasteiger charge is 2.17. The third kappa shape index (κ3) is 3.06. The Kier molecular flexibility index (Phi) is 4.40. The normalized spacial score (nSPS) is 12.2. The summed E-state index contributed by atoms with van der Waals surface area (Å²) in [5.41, 5.74) is 3.17. The van der Waals surface area contributed by atoms with Gasteiger partial charge < -0.3 is 10.1 Å². The lowest BCUT2D eigenvalue weighted by Crippen LogP contribution is -2.19. The highest BCUT2D eigenvalue weighted by atomic mass is 35.5. The Bertz CT molecular complexity index is 555. The molecule has 4 heteroatoms. The molecule has 1 atom stereocenters. The first kappa shape index (κ1) is 13.8. The minimum absolute atomic E-state index is 0.0212. The van der Waals surface area contributed by atoms with Gasteiger partial charge in [0, 0.05) is 11.8 Å². The largest absolute Gasteiger partial charge is 0.496 e. The predicted molar refractivity (Wildman–Crippen MR) is 77.9 cm³/mol. The monoisotopic (exact) mass is 276 g/mol. The lowest BCUT2D eigenvalue weighted by molar-refractivity contribution is 0.405. The van der Waals surface area contributed by atoms with Crippen LogP contribution >= 0.6 is 11.6 Å². The average Bonchev–Trinajstić information content (AvgIpc) is 2.42. The van der Waals surface area contributed by atoms with E-state index in [1.54, 1.807) is 13.3 Å². The van der Waals surface area contributed by atoms with E-state index < -0.39 is 0 Å². The first-order chi connectivity index (χ1) is 9.15. The molecular formula is C15H17ClN2O.